The van der Waals surface area contributed by atoms with E-state index in [1.165, 1.54) is 25.9 Å². The summed E-state index contributed by atoms with van der Waals surface area (Å²) >= 11 is 6.62. The van der Waals surface area contributed by atoms with E-state index in [-0.39, 0.29) is 0 Å². The molecule has 0 atom stereocenters. The van der Waals surface area contributed by atoms with Gasteiger partial charge in [-0.3, -0.25) is 10.00 Å². The first-order valence-electron chi connectivity index (χ1n) is 5.37. The Morgan fingerprint density at radius 2 is 2.00 bits per heavy atom. The van der Waals surface area contributed by atoms with E-state index in [1.54, 1.807) is 11.3 Å². The molecule has 1 aliphatic heterocycles. The lowest BCUT2D eigenvalue weighted by atomic mass is 10.3. The lowest BCUT2D eigenvalue weighted by Gasteiger charge is -2.34. The number of hydrogen-bond donors (Lipinski definition) is 1. The topological polar surface area (TPSA) is 35.2 Å². The number of H-pyrrole nitrogens is 1. The number of nitrogens with one attached hydrogen (secondary N) is 1. The van der Waals surface area contributed by atoms with Gasteiger partial charge in [0.05, 0.1) is 0 Å². The molecule has 1 saturated heterocycles. The Bertz CT molecular complexity index is 387. The molecule has 82 valence electrons. The van der Waals surface area contributed by atoms with Crippen molar-refractivity contribution in [1.82, 2.24) is 15.1 Å². The van der Waals surface area contributed by atoms with E-state index >= 15 is 0 Å². The van der Waals surface area contributed by atoms with Crippen LogP contribution in [0, 0.1) is 3.95 Å². The van der Waals surface area contributed by atoms with Crippen LogP contribution in [-0.2, 0) is 0 Å². The van der Waals surface area contributed by atoms with Crippen molar-refractivity contribution in [2.45, 2.75) is 18.9 Å². The van der Waals surface area contributed by atoms with Crippen LogP contribution in [0.5, 0.6) is 0 Å². The smallest absolute Gasteiger partial charge is 0.207 e. The molecule has 2 fully saturated rings. The Labute approximate surface area is 97.9 Å². The van der Waals surface area contributed by atoms with Crippen molar-refractivity contribution in [3.63, 3.8) is 0 Å². The van der Waals surface area contributed by atoms with E-state index in [0.29, 0.717) is 0 Å². The third-order valence-corrected chi connectivity index (χ3v) is 4.22. The molecule has 0 radical (unpaired) electrons. The van der Waals surface area contributed by atoms with Gasteiger partial charge in [0.2, 0.25) is 5.13 Å². The van der Waals surface area contributed by atoms with Crippen molar-refractivity contribution in [1.29, 1.82) is 0 Å². The summed E-state index contributed by atoms with van der Waals surface area (Å²) in [6.45, 7) is 4.53. The molecule has 4 nitrogen and oxygen atoms in total. The quantitative estimate of drug-likeness (QED) is 0.797. The molecule has 6 heteroatoms. The Balaban J connectivity index is 1.63. The first-order valence-corrected chi connectivity index (χ1v) is 6.60. The normalized spacial score (nSPS) is 23.3. The lowest BCUT2D eigenvalue weighted by Crippen LogP contribution is -2.47. The van der Waals surface area contributed by atoms with E-state index in [4.69, 9.17) is 12.2 Å². The number of aromatic nitrogens is 2. The predicted molar refractivity (Wildman–Crippen MR) is 64.1 cm³/mol. The second-order valence-electron chi connectivity index (χ2n) is 4.15. The van der Waals surface area contributed by atoms with Crippen LogP contribution in [0.4, 0.5) is 5.13 Å². The molecular formula is C9H14N4S2. The maximum absolute atomic E-state index is 5.04. The molecule has 2 aliphatic rings. The fourth-order valence-electron chi connectivity index (χ4n) is 2.08. The van der Waals surface area contributed by atoms with Crippen molar-refractivity contribution in [3.8, 4) is 0 Å². The average Bonchev–Trinajstić information content (AvgIpc) is 3.02. The number of anilines is 1. The van der Waals surface area contributed by atoms with Crippen molar-refractivity contribution < 1.29 is 0 Å². The zero-order chi connectivity index (χ0) is 10.3. The Kier molecular flexibility index (Phi) is 2.50. The summed E-state index contributed by atoms with van der Waals surface area (Å²) in [5.41, 5.74) is 0. The van der Waals surface area contributed by atoms with Crippen molar-refractivity contribution in [2.24, 2.45) is 0 Å². The molecule has 0 amide bonds. The van der Waals surface area contributed by atoms with E-state index in [1.807, 2.05) is 0 Å². The molecule has 0 bridgehead atoms. The standard InChI is InChI=1S/C9H14N4S2/c14-9-11-10-8(15-9)13-5-3-12(4-6-13)7-1-2-7/h7H,1-6H2,(H,11,14). The van der Waals surface area contributed by atoms with Crippen LogP contribution in [0.3, 0.4) is 0 Å². The maximum Gasteiger partial charge on any atom is 0.207 e. The summed E-state index contributed by atoms with van der Waals surface area (Å²) < 4.78 is 0.773. The van der Waals surface area contributed by atoms with Crippen LogP contribution in [0.1, 0.15) is 12.8 Å². The largest absolute Gasteiger partial charge is 0.344 e. The Morgan fingerprint density at radius 1 is 1.27 bits per heavy atom. The predicted octanol–water partition coefficient (Wildman–Crippen LogP) is 1.49. The van der Waals surface area contributed by atoms with E-state index in [2.05, 4.69) is 20.0 Å². The molecule has 1 N–H and O–H groups in total. The second kappa shape index (κ2) is 3.84. The van der Waals surface area contributed by atoms with Crippen LogP contribution in [-0.4, -0.2) is 47.3 Å². The minimum absolute atomic E-state index is 0.773. The third-order valence-electron chi connectivity index (χ3n) is 3.07. The fraction of sp³-hybridized carbons (Fsp3) is 0.778. The Morgan fingerprint density at radius 3 is 2.53 bits per heavy atom. The molecule has 1 aromatic rings. The van der Waals surface area contributed by atoms with Crippen LogP contribution in [0.2, 0.25) is 0 Å². The van der Waals surface area contributed by atoms with Gasteiger partial charge in [0, 0.05) is 32.2 Å². The maximum atomic E-state index is 5.04. The van der Waals surface area contributed by atoms with Crippen molar-refractivity contribution in [2.75, 3.05) is 31.1 Å². The van der Waals surface area contributed by atoms with Gasteiger partial charge in [0.1, 0.15) is 0 Å². The summed E-state index contributed by atoms with van der Waals surface area (Å²) in [7, 11) is 0. The highest BCUT2D eigenvalue weighted by Gasteiger charge is 2.31. The van der Waals surface area contributed by atoms with Gasteiger partial charge in [-0.15, -0.1) is 5.10 Å². The van der Waals surface area contributed by atoms with E-state index < -0.39 is 0 Å². The van der Waals surface area contributed by atoms with Crippen LogP contribution < -0.4 is 4.90 Å². The van der Waals surface area contributed by atoms with Gasteiger partial charge in [-0.05, 0) is 25.1 Å². The van der Waals surface area contributed by atoms with E-state index in [0.717, 1.165) is 28.2 Å². The fourth-order valence-corrected chi connectivity index (χ4v) is 3.00. The monoisotopic (exact) mass is 242 g/mol. The van der Waals surface area contributed by atoms with Gasteiger partial charge >= 0.3 is 0 Å². The zero-order valence-corrected chi connectivity index (χ0v) is 10.1. The molecule has 0 unspecified atom stereocenters. The number of aromatic amines is 1. The Hall–Kier alpha value is -0.460. The van der Waals surface area contributed by atoms with E-state index in [9.17, 15) is 0 Å². The first-order chi connectivity index (χ1) is 7.33. The number of piperazine rings is 1. The van der Waals surface area contributed by atoms with Crippen LogP contribution >= 0.6 is 23.6 Å². The SMILES string of the molecule is S=c1[nH]nc(N2CCN(C3CC3)CC2)s1. The zero-order valence-electron chi connectivity index (χ0n) is 8.48. The highest BCUT2D eigenvalue weighted by molar-refractivity contribution is 7.73. The highest BCUT2D eigenvalue weighted by atomic mass is 32.1. The molecular weight excluding hydrogens is 228 g/mol. The van der Waals surface area contributed by atoms with Gasteiger partial charge in [-0.2, -0.15) is 0 Å². The lowest BCUT2D eigenvalue weighted by molar-refractivity contribution is 0.248. The van der Waals surface area contributed by atoms with Gasteiger partial charge in [-0.25, -0.2) is 0 Å². The number of rotatable bonds is 2. The van der Waals surface area contributed by atoms with Gasteiger partial charge in [-0.1, -0.05) is 11.3 Å². The summed E-state index contributed by atoms with van der Waals surface area (Å²) in [5.74, 6) is 0. The number of nitrogens with zero attached hydrogens (tertiary/aromatic N) is 3. The van der Waals surface area contributed by atoms with Crippen LogP contribution in [0.25, 0.3) is 0 Å². The summed E-state index contributed by atoms with van der Waals surface area (Å²) in [6.07, 6.45) is 2.81. The molecule has 0 spiro atoms. The number of hydrogen-bond acceptors (Lipinski definition) is 5. The van der Waals surface area contributed by atoms with Crippen molar-refractivity contribution >= 4 is 28.7 Å². The van der Waals surface area contributed by atoms with Gasteiger partial charge in [0.15, 0.2) is 3.95 Å². The van der Waals surface area contributed by atoms with Crippen molar-refractivity contribution in [3.05, 3.63) is 3.95 Å². The van der Waals surface area contributed by atoms with Gasteiger partial charge in [0.25, 0.3) is 0 Å². The second-order valence-corrected chi connectivity index (χ2v) is 5.79. The minimum Gasteiger partial charge on any atom is -0.344 e. The molecule has 1 aliphatic carbocycles. The summed E-state index contributed by atoms with van der Waals surface area (Å²) in [4.78, 5) is 4.93. The minimum atomic E-state index is 0.773. The molecule has 1 saturated carbocycles. The van der Waals surface area contributed by atoms with Crippen LogP contribution in [0.15, 0.2) is 0 Å². The first kappa shape index (κ1) is 9.74. The summed E-state index contributed by atoms with van der Waals surface area (Å²) in [6, 6.07) is 0.893. The highest BCUT2D eigenvalue weighted by Crippen LogP contribution is 2.28. The third kappa shape index (κ3) is 2.07. The molecule has 2 heterocycles. The summed E-state index contributed by atoms with van der Waals surface area (Å²) in [5, 5.41) is 8.11. The molecule has 15 heavy (non-hydrogen) atoms. The average molecular weight is 242 g/mol. The molecule has 3 rings (SSSR count). The molecule has 1 aromatic heterocycles. The molecule has 0 aromatic carbocycles. The van der Waals surface area contributed by atoms with Gasteiger partial charge < -0.3 is 4.90 Å².